The smallest absolute Gasteiger partial charge is 0.0698 e. The zero-order valence-corrected chi connectivity index (χ0v) is 5.55. The molecule has 1 heterocycles. The van der Waals surface area contributed by atoms with Crippen molar-refractivity contribution in [2.45, 2.75) is 25.0 Å². The van der Waals surface area contributed by atoms with Crippen LogP contribution in [-0.4, -0.2) is 25.3 Å². The van der Waals surface area contributed by atoms with Crippen LogP contribution in [0, 0.1) is 0 Å². The molecule has 9 heavy (non-hydrogen) atoms. The van der Waals surface area contributed by atoms with Crippen molar-refractivity contribution in [3.63, 3.8) is 0 Å². The van der Waals surface area contributed by atoms with E-state index in [-0.39, 0.29) is 12.1 Å². The Kier molecular flexibility index (Phi) is 2.45. The standard InChI is InChI=1S/C6H14N2O/c7-3-6-2-1-5(8)4-9-6/h5-6H,1-4,7-8H2/t5-,6+/m1/s1. The van der Waals surface area contributed by atoms with E-state index in [9.17, 15) is 0 Å². The first-order valence-corrected chi connectivity index (χ1v) is 3.40. The summed E-state index contributed by atoms with van der Waals surface area (Å²) in [5, 5.41) is 0. The minimum Gasteiger partial charge on any atom is -0.375 e. The van der Waals surface area contributed by atoms with E-state index in [2.05, 4.69) is 0 Å². The Bertz CT molecular complexity index is 79.1. The van der Waals surface area contributed by atoms with Crippen LogP contribution in [0.5, 0.6) is 0 Å². The molecule has 0 aromatic heterocycles. The second-order valence-corrected chi connectivity index (χ2v) is 2.53. The van der Waals surface area contributed by atoms with E-state index in [1.54, 1.807) is 0 Å². The molecule has 1 aliphatic heterocycles. The van der Waals surface area contributed by atoms with Crippen LogP contribution < -0.4 is 11.5 Å². The van der Waals surface area contributed by atoms with Crippen molar-refractivity contribution in [3.8, 4) is 0 Å². The van der Waals surface area contributed by atoms with Crippen LogP contribution in [0.2, 0.25) is 0 Å². The van der Waals surface area contributed by atoms with Gasteiger partial charge in [-0.2, -0.15) is 0 Å². The highest BCUT2D eigenvalue weighted by Gasteiger charge is 2.16. The Balaban J connectivity index is 2.18. The van der Waals surface area contributed by atoms with Crippen molar-refractivity contribution in [2.75, 3.05) is 13.2 Å². The third-order valence-electron chi connectivity index (χ3n) is 1.67. The van der Waals surface area contributed by atoms with Gasteiger partial charge in [-0.25, -0.2) is 0 Å². The van der Waals surface area contributed by atoms with E-state index < -0.39 is 0 Å². The molecule has 0 bridgehead atoms. The molecule has 0 unspecified atom stereocenters. The van der Waals surface area contributed by atoms with E-state index >= 15 is 0 Å². The summed E-state index contributed by atoms with van der Waals surface area (Å²) >= 11 is 0. The predicted octanol–water partition coefficient (Wildman–Crippen LogP) is -0.549. The van der Waals surface area contributed by atoms with E-state index in [4.69, 9.17) is 16.2 Å². The lowest BCUT2D eigenvalue weighted by atomic mass is 10.1. The molecule has 0 radical (unpaired) electrons. The second-order valence-electron chi connectivity index (χ2n) is 2.53. The summed E-state index contributed by atoms with van der Waals surface area (Å²) in [5.41, 5.74) is 11.0. The molecule has 1 aliphatic rings. The third kappa shape index (κ3) is 1.93. The average molecular weight is 130 g/mol. The van der Waals surface area contributed by atoms with Crippen LogP contribution in [-0.2, 0) is 4.74 Å². The first-order chi connectivity index (χ1) is 4.33. The lowest BCUT2D eigenvalue weighted by Gasteiger charge is -2.25. The number of hydrogen-bond donors (Lipinski definition) is 2. The second kappa shape index (κ2) is 3.15. The highest BCUT2D eigenvalue weighted by atomic mass is 16.5. The largest absolute Gasteiger partial charge is 0.375 e. The molecule has 0 spiro atoms. The van der Waals surface area contributed by atoms with Crippen LogP contribution in [0.25, 0.3) is 0 Å². The van der Waals surface area contributed by atoms with Crippen molar-refractivity contribution in [1.29, 1.82) is 0 Å². The molecule has 3 nitrogen and oxygen atoms in total. The van der Waals surface area contributed by atoms with Gasteiger partial charge in [0.2, 0.25) is 0 Å². The van der Waals surface area contributed by atoms with Gasteiger partial charge in [0.15, 0.2) is 0 Å². The van der Waals surface area contributed by atoms with Gasteiger partial charge in [-0.15, -0.1) is 0 Å². The molecule has 0 amide bonds. The number of hydrogen-bond acceptors (Lipinski definition) is 3. The fourth-order valence-electron chi connectivity index (χ4n) is 1.01. The zero-order valence-electron chi connectivity index (χ0n) is 5.55. The summed E-state index contributed by atoms with van der Waals surface area (Å²) in [4.78, 5) is 0. The minimum atomic E-state index is 0.243. The van der Waals surface area contributed by atoms with Crippen LogP contribution in [0.3, 0.4) is 0 Å². The molecular formula is C6H14N2O. The van der Waals surface area contributed by atoms with Crippen LogP contribution in [0.1, 0.15) is 12.8 Å². The molecular weight excluding hydrogens is 116 g/mol. The third-order valence-corrected chi connectivity index (χ3v) is 1.67. The molecule has 0 saturated carbocycles. The highest BCUT2D eigenvalue weighted by molar-refractivity contribution is 4.71. The fourth-order valence-corrected chi connectivity index (χ4v) is 1.01. The van der Waals surface area contributed by atoms with Gasteiger partial charge in [-0.3, -0.25) is 0 Å². The molecule has 3 heteroatoms. The van der Waals surface area contributed by atoms with Gasteiger partial charge in [-0.05, 0) is 12.8 Å². The average Bonchev–Trinajstić information content (AvgIpc) is 1.90. The summed E-state index contributed by atoms with van der Waals surface area (Å²) in [7, 11) is 0. The Morgan fingerprint density at radius 3 is 2.67 bits per heavy atom. The summed E-state index contributed by atoms with van der Waals surface area (Å²) in [6.45, 7) is 1.31. The normalized spacial score (nSPS) is 36.7. The Hall–Kier alpha value is -0.120. The van der Waals surface area contributed by atoms with Gasteiger partial charge in [0.25, 0.3) is 0 Å². The SMILES string of the molecule is NC[C@@H]1CC[C@@H](N)CO1. The fraction of sp³-hybridized carbons (Fsp3) is 1.00. The van der Waals surface area contributed by atoms with Crippen LogP contribution in [0.15, 0.2) is 0 Å². The summed E-state index contributed by atoms with van der Waals surface area (Å²) in [5.74, 6) is 0. The number of nitrogens with two attached hydrogens (primary N) is 2. The molecule has 4 N–H and O–H groups in total. The first kappa shape index (κ1) is 6.99. The molecule has 1 rings (SSSR count). The lowest BCUT2D eigenvalue weighted by Crippen LogP contribution is -2.38. The summed E-state index contributed by atoms with van der Waals surface area (Å²) in [6, 6.07) is 0.243. The summed E-state index contributed by atoms with van der Waals surface area (Å²) in [6.07, 6.45) is 2.35. The molecule has 0 aromatic rings. The van der Waals surface area contributed by atoms with Crippen molar-refractivity contribution in [3.05, 3.63) is 0 Å². The molecule has 2 atom stereocenters. The topological polar surface area (TPSA) is 61.3 Å². The molecule has 1 fully saturated rings. The number of rotatable bonds is 1. The predicted molar refractivity (Wildman–Crippen MR) is 36.0 cm³/mol. The van der Waals surface area contributed by atoms with Crippen molar-refractivity contribution in [2.24, 2.45) is 11.5 Å². The molecule has 0 aromatic carbocycles. The van der Waals surface area contributed by atoms with E-state index in [0.717, 1.165) is 12.8 Å². The van der Waals surface area contributed by atoms with Gasteiger partial charge < -0.3 is 16.2 Å². The molecule has 54 valence electrons. The maximum atomic E-state index is 5.59. The Labute approximate surface area is 55.4 Å². The minimum absolute atomic E-state index is 0.243. The van der Waals surface area contributed by atoms with Crippen molar-refractivity contribution in [1.82, 2.24) is 0 Å². The molecule has 0 aliphatic carbocycles. The molecule has 1 saturated heterocycles. The van der Waals surface area contributed by atoms with Gasteiger partial charge >= 0.3 is 0 Å². The van der Waals surface area contributed by atoms with Gasteiger partial charge in [-0.1, -0.05) is 0 Å². The van der Waals surface area contributed by atoms with Gasteiger partial charge in [0.05, 0.1) is 12.7 Å². The van der Waals surface area contributed by atoms with Crippen molar-refractivity contribution >= 4 is 0 Å². The van der Waals surface area contributed by atoms with E-state index in [1.165, 1.54) is 0 Å². The monoisotopic (exact) mass is 130 g/mol. The van der Waals surface area contributed by atoms with Gasteiger partial charge in [0.1, 0.15) is 0 Å². The first-order valence-electron chi connectivity index (χ1n) is 3.40. The highest BCUT2D eigenvalue weighted by Crippen LogP contribution is 2.10. The summed E-state index contributed by atoms with van der Waals surface area (Å²) < 4.78 is 5.29. The Morgan fingerprint density at radius 2 is 2.22 bits per heavy atom. The quantitative estimate of drug-likeness (QED) is 0.500. The van der Waals surface area contributed by atoms with Crippen LogP contribution >= 0.6 is 0 Å². The lowest BCUT2D eigenvalue weighted by molar-refractivity contribution is 0.0113. The Morgan fingerprint density at radius 1 is 1.44 bits per heavy atom. The van der Waals surface area contributed by atoms with Crippen molar-refractivity contribution < 1.29 is 4.74 Å². The maximum Gasteiger partial charge on any atom is 0.0698 e. The number of ether oxygens (including phenoxy) is 1. The van der Waals surface area contributed by atoms with E-state index in [1.807, 2.05) is 0 Å². The van der Waals surface area contributed by atoms with Crippen LogP contribution in [0.4, 0.5) is 0 Å². The van der Waals surface area contributed by atoms with E-state index in [0.29, 0.717) is 13.2 Å². The zero-order chi connectivity index (χ0) is 6.69. The van der Waals surface area contributed by atoms with Gasteiger partial charge in [0, 0.05) is 12.6 Å². The maximum absolute atomic E-state index is 5.59.